The van der Waals surface area contributed by atoms with Gasteiger partial charge in [-0.15, -0.1) is 0 Å². The number of halogens is 1. The zero-order valence-corrected chi connectivity index (χ0v) is 12.1. The van der Waals surface area contributed by atoms with Gasteiger partial charge in [0.25, 0.3) is 0 Å². The molecule has 1 aromatic heterocycles. The summed E-state index contributed by atoms with van der Waals surface area (Å²) in [6.07, 6.45) is 2.24. The van der Waals surface area contributed by atoms with Gasteiger partial charge in [0, 0.05) is 12.1 Å². The number of nitro benzene ring substituents is 1. The summed E-state index contributed by atoms with van der Waals surface area (Å²) < 4.78 is 5.49. The van der Waals surface area contributed by atoms with Crippen LogP contribution in [0.4, 0.5) is 5.69 Å². The van der Waals surface area contributed by atoms with Crippen LogP contribution in [0.3, 0.4) is 0 Å². The fourth-order valence-corrected chi connectivity index (χ4v) is 1.95. The van der Waals surface area contributed by atoms with E-state index < -0.39 is 4.92 Å². The van der Waals surface area contributed by atoms with E-state index in [1.54, 1.807) is 12.1 Å². The van der Waals surface area contributed by atoms with Crippen LogP contribution < -0.4 is 10.5 Å². The van der Waals surface area contributed by atoms with Gasteiger partial charge in [0.2, 0.25) is 5.75 Å². The van der Waals surface area contributed by atoms with E-state index >= 15 is 0 Å². The summed E-state index contributed by atoms with van der Waals surface area (Å²) in [5, 5.41) is 11.1. The number of nitrogens with zero attached hydrogens (tertiary/aromatic N) is 2. The Balaban J connectivity index is 2.28. The van der Waals surface area contributed by atoms with Crippen LogP contribution >= 0.6 is 11.6 Å². The molecule has 1 aromatic carbocycles. The minimum Gasteiger partial charge on any atom is -0.447 e. The number of para-hydroxylation sites is 1. The largest absolute Gasteiger partial charge is 0.447 e. The molecule has 2 N–H and O–H groups in total. The lowest BCUT2D eigenvalue weighted by atomic mass is 10.1. The molecule has 0 saturated carbocycles. The van der Waals surface area contributed by atoms with Gasteiger partial charge in [-0.25, -0.2) is 0 Å². The van der Waals surface area contributed by atoms with Gasteiger partial charge in [-0.2, -0.15) is 0 Å². The summed E-state index contributed by atoms with van der Waals surface area (Å²) in [6.45, 7) is 1.96. The molecule has 0 fully saturated rings. The average molecular weight is 308 g/mol. The molecule has 0 amide bonds. The Morgan fingerprint density at radius 3 is 2.76 bits per heavy atom. The van der Waals surface area contributed by atoms with E-state index in [0.717, 1.165) is 12.1 Å². The normalized spacial score (nSPS) is 12.0. The zero-order valence-electron chi connectivity index (χ0n) is 11.3. The van der Waals surface area contributed by atoms with E-state index in [4.69, 9.17) is 22.1 Å². The summed E-state index contributed by atoms with van der Waals surface area (Å²) in [5.41, 5.74) is 6.41. The fourth-order valence-electron chi connectivity index (χ4n) is 1.74. The highest BCUT2D eigenvalue weighted by Crippen LogP contribution is 2.37. The Morgan fingerprint density at radius 1 is 1.43 bits per heavy atom. The van der Waals surface area contributed by atoms with Crippen LogP contribution in [0.5, 0.6) is 11.5 Å². The molecule has 2 aromatic rings. The Morgan fingerprint density at radius 2 is 2.19 bits per heavy atom. The van der Waals surface area contributed by atoms with E-state index in [0.29, 0.717) is 5.75 Å². The van der Waals surface area contributed by atoms with Crippen LogP contribution in [0.25, 0.3) is 0 Å². The molecule has 1 heterocycles. The highest BCUT2D eigenvalue weighted by molar-refractivity contribution is 6.32. The highest BCUT2D eigenvalue weighted by Gasteiger charge is 2.19. The summed E-state index contributed by atoms with van der Waals surface area (Å²) in [6, 6.07) is 7.59. The Kier molecular flexibility index (Phi) is 4.72. The maximum Gasteiger partial charge on any atom is 0.313 e. The van der Waals surface area contributed by atoms with Crippen molar-refractivity contribution >= 4 is 17.3 Å². The van der Waals surface area contributed by atoms with Crippen LogP contribution in [0, 0.1) is 10.1 Å². The molecular weight excluding hydrogens is 294 g/mol. The standard InChI is InChI=1S/C14H14ClN3O3/c1-2-11(16)12-7-6-9(8-17-12)21-14-10(15)4-3-5-13(14)18(19)20/h3-8,11H,2,16H2,1H3/t11-/m0/s1. The van der Waals surface area contributed by atoms with Gasteiger partial charge in [0.15, 0.2) is 0 Å². The van der Waals surface area contributed by atoms with Crippen molar-refractivity contribution in [3.05, 3.63) is 57.4 Å². The predicted molar refractivity (Wildman–Crippen MR) is 79.6 cm³/mol. The number of benzene rings is 1. The topological polar surface area (TPSA) is 91.3 Å². The molecule has 0 spiro atoms. The second-order valence-electron chi connectivity index (χ2n) is 4.38. The van der Waals surface area contributed by atoms with Gasteiger partial charge in [-0.05, 0) is 24.6 Å². The number of aromatic nitrogens is 1. The number of hydrogen-bond donors (Lipinski definition) is 1. The molecule has 0 aliphatic heterocycles. The molecule has 7 heteroatoms. The highest BCUT2D eigenvalue weighted by atomic mass is 35.5. The molecule has 0 aliphatic rings. The maximum absolute atomic E-state index is 11.0. The van der Waals surface area contributed by atoms with Crippen molar-refractivity contribution in [1.29, 1.82) is 0 Å². The molecule has 110 valence electrons. The lowest BCUT2D eigenvalue weighted by Crippen LogP contribution is -2.10. The zero-order chi connectivity index (χ0) is 15.4. The van der Waals surface area contributed by atoms with Crippen LogP contribution in [-0.4, -0.2) is 9.91 Å². The molecule has 0 unspecified atom stereocenters. The lowest BCUT2D eigenvalue weighted by molar-refractivity contribution is -0.385. The van der Waals surface area contributed by atoms with Gasteiger partial charge >= 0.3 is 5.69 Å². The van der Waals surface area contributed by atoms with Gasteiger partial charge in [-0.3, -0.25) is 15.1 Å². The average Bonchev–Trinajstić information content (AvgIpc) is 2.49. The lowest BCUT2D eigenvalue weighted by Gasteiger charge is -2.10. The van der Waals surface area contributed by atoms with Crippen molar-refractivity contribution < 1.29 is 9.66 Å². The molecule has 0 saturated heterocycles. The monoisotopic (exact) mass is 307 g/mol. The quantitative estimate of drug-likeness (QED) is 0.669. The predicted octanol–water partition coefficient (Wildman–Crippen LogP) is 3.85. The Hall–Kier alpha value is -2.18. The first-order valence-corrected chi connectivity index (χ1v) is 6.73. The molecule has 0 radical (unpaired) electrons. The van der Waals surface area contributed by atoms with Crippen molar-refractivity contribution in [3.63, 3.8) is 0 Å². The van der Waals surface area contributed by atoms with Gasteiger partial charge in [0.1, 0.15) is 5.75 Å². The minimum absolute atomic E-state index is 0.00138. The SMILES string of the molecule is CC[C@H](N)c1ccc(Oc2c(Cl)cccc2[N+](=O)[O-])cn1. The fraction of sp³-hybridized carbons (Fsp3) is 0.214. The van der Waals surface area contributed by atoms with Crippen molar-refractivity contribution in [2.45, 2.75) is 19.4 Å². The summed E-state index contributed by atoms with van der Waals surface area (Å²) in [5.74, 6) is 0.358. The smallest absolute Gasteiger partial charge is 0.313 e. The van der Waals surface area contributed by atoms with Gasteiger partial charge in [0.05, 0.1) is 21.8 Å². The number of ether oxygens (including phenoxy) is 1. The van der Waals surface area contributed by atoms with Crippen molar-refractivity contribution in [3.8, 4) is 11.5 Å². The molecule has 2 rings (SSSR count). The van der Waals surface area contributed by atoms with Crippen LogP contribution in [0.2, 0.25) is 5.02 Å². The second-order valence-corrected chi connectivity index (χ2v) is 4.79. The number of pyridine rings is 1. The van der Waals surface area contributed by atoms with Crippen LogP contribution in [-0.2, 0) is 0 Å². The van der Waals surface area contributed by atoms with E-state index in [1.165, 1.54) is 24.4 Å². The van der Waals surface area contributed by atoms with E-state index in [-0.39, 0.29) is 22.5 Å². The maximum atomic E-state index is 11.0. The third-order valence-corrected chi connectivity index (χ3v) is 3.24. The van der Waals surface area contributed by atoms with Crippen LogP contribution in [0.1, 0.15) is 25.1 Å². The third kappa shape index (κ3) is 3.48. The number of nitro groups is 1. The second kappa shape index (κ2) is 6.51. The summed E-state index contributed by atoms with van der Waals surface area (Å²) in [7, 11) is 0. The van der Waals surface area contributed by atoms with Gasteiger partial charge in [-0.1, -0.05) is 24.6 Å². The number of nitrogens with two attached hydrogens (primary N) is 1. The number of rotatable bonds is 5. The first-order chi connectivity index (χ1) is 10.0. The molecule has 21 heavy (non-hydrogen) atoms. The molecular formula is C14H14ClN3O3. The summed E-state index contributed by atoms with van der Waals surface area (Å²) in [4.78, 5) is 14.6. The third-order valence-electron chi connectivity index (χ3n) is 2.94. The first-order valence-electron chi connectivity index (χ1n) is 6.35. The first kappa shape index (κ1) is 15.2. The van der Waals surface area contributed by atoms with E-state index in [1.807, 2.05) is 6.92 Å². The van der Waals surface area contributed by atoms with E-state index in [2.05, 4.69) is 4.98 Å². The number of hydrogen-bond acceptors (Lipinski definition) is 5. The van der Waals surface area contributed by atoms with Crippen LogP contribution in [0.15, 0.2) is 36.5 Å². The van der Waals surface area contributed by atoms with Crippen molar-refractivity contribution in [1.82, 2.24) is 4.98 Å². The van der Waals surface area contributed by atoms with Gasteiger partial charge < -0.3 is 10.5 Å². The molecule has 1 atom stereocenters. The molecule has 6 nitrogen and oxygen atoms in total. The Labute approximate surface area is 126 Å². The molecule has 0 aliphatic carbocycles. The van der Waals surface area contributed by atoms with E-state index in [9.17, 15) is 10.1 Å². The minimum atomic E-state index is -0.546. The molecule has 0 bridgehead atoms. The Bertz CT molecular complexity index is 646. The van der Waals surface area contributed by atoms with Crippen molar-refractivity contribution in [2.75, 3.05) is 0 Å². The van der Waals surface area contributed by atoms with Crippen molar-refractivity contribution in [2.24, 2.45) is 5.73 Å². The summed E-state index contributed by atoms with van der Waals surface area (Å²) >= 11 is 5.96.